The maximum absolute atomic E-state index is 11.2. The second-order valence-electron chi connectivity index (χ2n) is 6.55. The minimum Gasteiger partial charge on any atom is -0.383 e. The molecule has 0 saturated carbocycles. The Hall–Kier alpha value is -2.47. The number of ether oxygens (including phenoxy) is 2. The van der Waals surface area contributed by atoms with E-state index in [1.54, 1.807) is 6.92 Å². The lowest BCUT2D eigenvalue weighted by atomic mass is 10.1. The van der Waals surface area contributed by atoms with Crippen molar-refractivity contribution in [2.45, 2.75) is 51.5 Å². The summed E-state index contributed by atoms with van der Waals surface area (Å²) < 4.78 is 14.1. The second-order valence-corrected chi connectivity index (χ2v) is 6.55. The van der Waals surface area contributed by atoms with Gasteiger partial charge in [-0.25, -0.2) is 9.97 Å². The minimum absolute atomic E-state index is 0.0443. The van der Waals surface area contributed by atoms with Crippen LogP contribution in [-0.2, 0) is 14.3 Å². The van der Waals surface area contributed by atoms with Crippen molar-refractivity contribution in [1.82, 2.24) is 14.5 Å². The Kier molecular flexibility index (Phi) is 6.06. The third-order valence-corrected chi connectivity index (χ3v) is 4.64. The number of Topliss-reactive ketones (excluding diaryl/α,β-unsaturated/α-hetero) is 1. The number of nitrogens with zero attached hydrogens (tertiary/aromatic N) is 3. The summed E-state index contributed by atoms with van der Waals surface area (Å²) in [6.45, 7) is 4.28. The monoisotopic (exact) mass is 371 g/mol. The molecule has 8 nitrogen and oxygen atoms in total. The van der Waals surface area contributed by atoms with Crippen molar-refractivity contribution in [3.05, 3.63) is 18.1 Å². The highest BCUT2D eigenvalue weighted by molar-refractivity contribution is 5.92. The van der Waals surface area contributed by atoms with Crippen LogP contribution in [0.2, 0.25) is 0 Å². The molecule has 0 aliphatic carbocycles. The van der Waals surface area contributed by atoms with Crippen molar-refractivity contribution in [2.75, 3.05) is 18.9 Å². The average molecular weight is 371 g/mol. The Balaban J connectivity index is 1.89. The van der Waals surface area contributed by atoms with Gasteiger partial charge in [-0.1, -0.05) is 18.8 Å². The molecule has 0 radical (unpaired) electrons. The van der Waals surface area contributed by atoms with Crippen LogP contribution < -0.4 is 11.5 Å². The van der Waals surface area contributed by atoms with Crippen LogP contribution in [0.3, 0.4) is 0 Å². The number of aromatic nitrogens is 3. The molecule has 144 valence electrons. The van der Waals surface area contributed by atoms with Crippen molar-refractivity contribution in [2.24, 2.45) is 5.73 Å². The number of nitrogen functional groups attached to an aromatic ring is 1. The van der Waals surface area contributed by atoms with E-state index >= 15 is 0 Å². The van der Waals surface area contributed by atoms with E-state index in [0.29, 0.717) is 36.3 Å². The number of carbonyl (C=O) groups is 1. The molecule has 3 atom stereocenters. The highest BCUT2D eigenvalue weighted by atomic mass is 16.6. The topological polar surface area (TPSA) is 118 Å². The molecule has 4 N–H and O–H groups in total. The van der Waals surface area contributed by atoms with Gasteiger partial charge in [0.15, 0.2) is 0 Å². The van der Waals surface area contributed by atoms with Crippen molar-refractivity contribution in [3.8, 4) is 11.8 Å². The first-order valence-electron chi connectivity index (χ1n) is 9.11. The molecule has 27 heavy (non-hydrogen) atoms. The van der Waals surface area contributed by atoms with E-state index in [-0.39, 0.29) is 30.8 Å². The first-order valence-corrected chi connectivity index (χ1v) is 9.11. The van der Waals surface area contributed by atoms with E-state index in [9.17, 15) is 4.79 Å². The van der Waals surface area contributed by atoms with Gasteiger partial charge in [-0.3, -0.25) is 4.79 Å². The summed E-state index contributed by atoms with van der Waals surface area (Å²) >= 11 is 0. The molecule has 0 spiro atoms. The first kappa shape index (κ1) is 19.3. The number of fused-ring (bicyclic) bond motifs is 1. The fourth-order valence-electron chi connectivity index (χ4n) is 3.33. The quantitative estimate of drug-likeness (QED) is 0.737. The summed E-state index contributed by atoms with van der Waals surface area (Å²) in [6, 6.07) is 0. The third kappa shape index (κ3) is 4.11. The van der Waals surface area contributed by atoms with Crippen LogP contribution in [0, 0.1) is 11.8 Å². The zero-order valence-corrected chi connectivity index (χ0v) is 15.6. The maximum atomic E-state index is 11.2. The van der Waals surface area contributed by atoms with E-state index in [2.05, 4.69) is 28.7 Å². The molecule has 3 rings (SSSR count). The highest BCUT2D eigenvalue weighted by Crippen LogP contribution is 2.36. The molecule has 2 aromatic heterocycles. The SMILES string of the molecule is CC[C@H]1O[C@@H](n2cc(C#CCN)c3c(N)ncnc32)C[C@H]1OCCC(C)=O. The lowest BCUT2D eigenvalue weighted by Gasteiger charge is -2.16. The Labute approximate surface area is 158 Å². The zero-order chi connectivity index (χ0) is 19.4. The fourth-order valence-corrected chi connectivity index (χ4v) is 3.33. The molecule has 2 aromatic rings. The lowest BCUT2D eigenvalue weighted by molar-refractivity contribution is -0.119. The summed E-state index contributed by atoms with van der Waals surface area (Å²) in [6.07, 6.45) is 4.83. The third-order valence-electron chi connectivity index (χ3n) is 4.64. The number of hydrogen-bond donors (Lipinski definition) is 2. The Morgan fingerprint density at radius 3 is 3.00 bits per heavy atom. The van der Waals surface area contributed by atoms with Gasteiger partial charge in [-0.15, -0.1) is 0 Å². The van der Waals surface area contributed by atoms with E-state index in [1.807, 2.05) is 10.8 Å². The number of anilines is 1. The van der Waals surface area contributed by atoms with E-state index in [1.165, 1.54) is 6.33 Å². The molecular formula is C19H25N5O3. The van der Waals surface area contributed by atoms with Gasteiger partial charge < -0.3 is 25.5 Å². The normalized spacial score (nSPS) is 22.0. The number of nitrogens with two attached hydrogens (primary N) is 2. The van der Waals surface area contributed by atoms with Crippen LogP contribution >= 0.6 is 0 Å². The number of ketones is 1. The van der Waals surface area contributed by atoms with Crippen LogP contribution in [0.15, 0.2) is 12.5 Å². The molecule has 1 fully saturated rings. The van der Waals surface area contributed by atoms with Gasteiger partial charge in [0.2, 0.25) is 0 Å². The fraction of sp³-hybridized carbons (Fsp3) is 0.526. The van der Waals surface area contributed by atoms with Crippen molar-refractivity contribution >= 4 is 22.6 Å². The molecule has 1 saturated heterocycles. The van der Waals surface area contributed by atoms with Gasteiger partial charge in [0.25, 0.3) is 0 Å². The molecule has 0 bridgehead atoms. The average Bonchev–Trinajstić information content (AvgIpc) is 3.21. The van der Waals surface area contributed by atoms with Crippen LogP contribution in [0.1, 0.15) is 44.9 Å². The summed E-state index contributed by atoms with van der Waals surface area (Å²) in [4.78, 5) is 19.6. The highest BCUT2D eigenvalue weighted by Gasteiger charge is 2.36. The standard InChI is InChI=1S/C19H25N5O3/c1-3-14-15(26-8-6-12(2)25)9-16(27-14)24-10-13(5-4-7-20)17-18(21)22-11-23-19(17)24/h10-11,14-16H,3,6-9,20H2,1-2H3,(H2,21,22,23)/t14-,15-,16-/m1/s1. The number of hydrogen-bond acceptors (Lipinski definition) is 7. The predicted molar refractivity (Wildman–Crippen MR) is 102 cm³/mol. The smallest absolute Gasteiger partial charge is 0.148 e. The first-order chi connectivity index (χ1) is 13.0. The van der Waals surface area contributed by atoms with E-state index in [0.717, 1.165) is 12.0 Å². The van der Waals surface area contributed by atoms with Gasteiger partial charge in [-0.2, -0.15) is 0 Å². The van der Waals surface area contributed by atoms with Crippen LogP contribution in [0.4, 0.5) is 5.82 Å². The predicted octanol–water partition coefficient (Wildman–Crippen LogP) is 1.39. The zero-order valence-electron chi connectivity index (χ0n) is 15.6. The molecule has 1 aliphatic heterocycles. The molecule has 0 amide bonds. The van der Waals surface area contributed by atoms with Crippen LogP contribution in [-0.4, -0.2) is 45.7 Å². The van der Waals surface area contributed by atoms with Crippen LogP contribution in [0.25, 0.3) is 11.0 Å². The molecule has 1 aliphatic rings. The molecule has 3 heterocycles. The summed E-state index contributed by atoms with van der Waals surface area (Å²) in [5.74, 6) is 6.38. The van der Waals surface area contributed by atoms with Crippen molar-refractivity contribution in [1.29, 1.82) is 0 Å². The second kappa shape index (κ2) is 8.48. The number of carbonyl (C=O) groups excluding carboxylic acids is 1. The van der Waals surface area contributed by atoms with Gasteiger partial charge in [0, 0.05) is 19.0 Å². The van der Waals surface area contributed by atoms with Gasteiger partial charge in [0.1, 0.15) is 29.8 Å². The Morgan fingerprint density at radius 1 is 1.48 bits per heavy atom. The maximum Gasteiger partial charge on any atom is 0.148 e. The van der Waals surface area contributed by atoms with Gasteiger partial charge in [0.05, 0.1) is 36.3 Å². The van der Waals surface area contributed by atoms with E-state index in [4.69, 9.17) is 20.9 Å². The van der Waals surface area contributed by atoms with Crippen LogP contribution in [0.5, 0.6) is 0 Å². The summed E-state index contributed by atoms with van der Waals surface area (Å²) in [5.41, 5.74) is 13.0. The molecule has 8 heteroatoms. The van der Waals surface area contributed by atoms with Crippen molar-refractivity contribution in [3.63, 3.8) is 0 Å². The van der Waals surface area contributed by atoms with E-state index < -0.39 is 0 Å². The number of rotatable bonds is 6. The molecular weight excluding hydrogens is 346 g/mol. The van der Waals surface area contributed by atoms with Crippen molar-refractivity contribution < 1.29 is 14.3 Å². The van der Waals surface area contributed by atoms with Gasteiger partial charge >= 0.3 is 0 Å². The summed E-state index contributed by atoms with van der Waals surface area (Å²) in [5, 5.41) is 0.705. The molecule has 0 aromatic carbocycles. The Bertz CT molecular complexity index is 883. The lowest BCUT2D eigenvalue weighted by Crippen LogP contribution is -2.24. The Morgan fingerprint density at radius 2 is 2.30 bits per heavy atom. The minimum atomic E-state index is -0.248. The van der Waals surface area contributed by atoms with Gasteiger partial charge in [-0.05, 0) is 13.3 Å². The summed E-state index contributed by atoms with van der Waals surface area (Å²) in [7, 11) is 0. The largest absolute Gasteiger partial charge is 0.383 e. The molecule has 0 unspecified atom stereocenters.